The van der Waals surface area contributed by atoms with Crippen molar-refractivity contribution in [2.75, 3.05) is 26.8 Å². The summed E-state index contributed by atoms with van der Waals surface area (Å²) in [4.78, 5) is 35.3. The number of carbonyl (C=O) groups is 2. The lowest BCUT2D eigenvalue weighted by molar-refractivity contribution is -0.137. The highest BCUT2D eigenvalue weighted by Gasteiger charge is 2.18. The fraction of sp³-hybridized carbons (Fsp3) is 0.417. The van der Waals surface area contributed by atoms with Gasteiger partial charge in [-0.25, -0.2) is 0 Å². The standard InChI is InChI=1S/C12H16N2O5/c1-13-7-9(3-4-10(13)15)12(18)14(5-6-19-2)8-11(16)17/h3-4,7H,5-6,8H2,1-2H3,(H,16,17). The lowest BCUT2D eigenvalue weighted by Gasteiger charge is -2.20. The van der Waals surface area contributed by atoms with Gasteiger partial charge in [-0.15, -0.1) is 0 Å². The maximum Gasteiger partial charge on any atom is 0.323 e. The average Bonchev–Trinajstić information content (AvgIpc) is 2.36. The Bertz CT molecular complexity index is 523. The molecule has 104 valence electrons. The Morgan fingerprint density at radius 1 is 1.42 bits per heavy atom. The van der Waals surface area contributed by atoms with Gasteiger partial charge in [0.2, 0.25) is 5.56 Å². The quantitative estimate of drug-likeness (QED) is 0.755. The lowest BCUT2D eigenvalue weighted by Crippen LogP contribution is -2.38. The topological polar surface area (TPSA) is 88.8 Å². The van der Waals surface area contributed by atoms with Crippen molar-refractivity contribution in [3.05, 3.63) is 34.2 Å². The Hall–Kier alpha value is -2.15. The van der Waals surface area contributed by atoms with Crippen molar-refractivity contribution < 1.29 is 19.4 Å². The largest absolute Gasteiger partial charge is 0.480 e. The number of hydrogen-bond acceptors (Lipinski definition) is 4. The molecule has 0 saturated carbocycles. The van der Waals surface area contributed by atoms with Crippen LogP contribution in [0.5, 0.6) is 0 Å². The van der Waals surface area contributed by atoms with Gasteiger partial charge in [-0.3, -0.25) is 14.4 Å². The van der Waals surface area contributed by atoms with Crippen LogP contribution in [0.2, 0.25) is 0 Å². The fourth-order valence-electron chi connectivity index (χ4n) is 1.52. The first kappa shape index (κ1) is 14.9. The van der Waals surface area contributed by atoms with Crippen LogP contribution in [-0.2, 0) is 16.6 Å². The number of ether oxygens (including phenoxy) is 1. The number of aliphatic carboxylic acids is 1. The molecule has 0 aliphatic rings. The minimum Gasteiger partial charge on any atom is -0.480 e. The van der Waals surface area contributed by atoms with E-state index in [2.05, 4.69) is 0 Å². The molecule has 0 aliphatic heterocycles. The van der Waals surface area contributed by atoms with Gasteiger partial charge in [0.15, 0.2) is 0 Å². The van der Waals surface area contributed by atoms with Gasteiger partial charge in [0.25, 0.3) is 5.91 Å². The summed E-state index contributed by atoms with van der Waals surface area (Å²) in [7, 11) is 2.99. The first-order valence-electron chi connectivity index (χ1n) is 5.62. The molecule has 1 N–H and O–H groups in total. The highest BCUT2D eigenvalue weighted by Crippen LogP contribution is 2.03. The number of nitrogens with zero attached hydrogens (tertiary/aromatic N) is 2. The summed E-state index contributed by atoms with van der Waals surface area (Å²) in [6, 6.07) is 2.65. The molecule has 7 heteroatoms. The van der Waals surface area contributed by atoms with Crippen LogP contribution in [0.15, 0.2) is 23.1 Å². The summed E-state index contributed by atoms with van der Waals surface area (Å²) in [5, 5.41) is 8.79. The van der Waals surface area contributed by atoms with Crippen LogP contribution in [0.25, 0.3) is 0 Å². The summed E-state index contributed by atoms with van der Waals surface area (Å²) in [5.74, 6) is -1.55. The minimum absolute atomic E-state index is 0.171. The van der Waals surface area contributed by atoms with E-state index in [1.54, 1.807) is 0 Å². The second-order valence-corrected chi connectivity index (χ2v) is 3.98. The number of amides is 1. The molecule has 19 heavy (non-hydrogen) atoms. The van der Waals surface area contributed by atoms with E-state index in [-0.39, 0.29) is 24.3 Å². The highest BCUT2D eigenvalue weighted by atomic mass is 16.5. The predicted octanol–water partition coefficient (Wildman–Crippen LogP) is -0.442. The zero-order valence-electron chi connectivity index (χ0n) is 10.8. The van der Waals surface area contributed by atoms with Gasteiger partial charge in [-0.1, -0.05) is 0 Å². The van der Waals surface area contributed by atoms with Gasteiger partial charge < -0.3 is 19.3 Å². The number of hydrogen-bond donors (Lipinski definition) is 1. The van der Waals surface area contributed by atoms with E-state index >= 15 is 0 Å². The van der Waals surface area contributed by atoms with Crippen LogP contribution in [0.1, 0.15) is 10.4 Å². The Labute approximate surface area is 110 Å². The molecule has 7 nitrogen and oxygen atoms in total. The third-order valence-electron chi connectivity index (χ3n) is 2.51. The maximum absolute atomic E-state index is 12.1. The van der Waals surface area contributed by atoms with Gasteiger partial charge in [-0.2, -0.15) is 0 Å². The summed E-state index contributed by atoms with van der Waals surface area (Å²) in [5.41, 5.74) is 0.0256. The molecule has 0 spiro atoms. The van der Waals surface area contributed by atoms with Gasteiger partial charge >= 0.3 is 5.97 Å². The number of aryl methyl sites for hydroxylation is 1. The van der Waals surface area contributed by atoms with E-state index in [1.165, 1.54) is 37.1 Å². The van der Waals surface area contributed by atoms with Crippen molar-refractivity contribution in [2.24, 2.45) is 7.05 Å². The summed E-state index contributed by atoms with van der Waals surface area (Å²) in [6.45, 7) is 0.000290. The Morgan fingerprint density at radius 2 is 2.11 bits per heavy atom. The van der Waals surface area contributed by atoms with E-state index in [4.69, 9.17) is 9.84 Å². The number of aromatic nitrogens is 1. The highest BCUT2D eigenvalue weighted by molar-refractivity contribution is 5.95. The Balaban J connectivity index is 2.93. The smallest absolute Gasteiger partial charge is 0.323 e. The molecule has 0 radical (unpaired) electrons. The molecule has 1 aromatic heterocycles. The molecule has 0 unspecified atom stereocenters. The van der Waals surface area contributed by atoms with Crippen molar-refractivity contribution >= 4 is 11.9 Å². The number of carbonyl (C=O) groups excluding carboxylic acids is 1. The third kappa shape index (κ3) is 4.22. The zero-order chi connectivity index (χ0) is 14.4. The SMILES string of the molecule is COCCN(CC(=O)O)C(=O)c1ccc(=O)n(C)c1. The molecule has 0 aromatic carbocycles. The molecule has 1 heterocycles. The molecule has 0 fully saturated rings. The molecular weight excluding hydrogens is 252 g/mol. The number of rotatable bonds is 6. The van der Waals surface area contributed by atoms with Crippen molar-refractivity contribution in [3.63, 3.8) is 0 Å². The predicted molar refractivity (Wildman–Crippen MR) is 67.1 cm³/mol. The molecular formula is C12H16N2O5. The summed E-state index contributed by atoms with van der Waals surface area (Å²) >= 11 is 0. The van der Waals surface area contributed by atoms with Crippen molar-refractivity contribution in [2.45, 2.75) is 0 Å². The molecule has 0 bridgehead atoms. The van der Waals surface area contributed by atoms with E-state index in [0.717, 1.165) is 4.90 Å². The molecule has 1 amide bonds. The van der Waals surface area contributed by atoms with Crippen molar-refractivity contribution in [1.82, 2.24) is 9.47 Å². The Morgan fingerprint density at radius 3 is 2.63 bits per heavy atom. The van der Waals surface area contributed by atoms with Crippen LogP contribution >= 0.6 is 0 Å². The maximum atomic E-state index is 12.1. The third-order valence-corrected chi connectivity index (χ3v) is 2.51. The van der Waals surface area contributed by atoms with E-state index in [0.29, 0.717) is 0 Å². The average molecular weight is 268 g/mol. The van der Waals surface area contributed by atoms with Crippen LogP contribution in [-0.4, -0.2) is 53.3 Å². The van der Waals surface area contributed by atoms with Gasteiger partial charge in [0.05, 0.1) is 12.2 Å². The van der Waals surface area contributed by atoms with Crippen LogP contribution in [0.3, 0.4) is 0 Å². The number of carboxylic acid groups (broad SMARTS) is 1. The number of methoxy groups -OCH3 is 1. The van der Waals surface area contributed by atoms with Crippen LogP contribution in [0, 0.1) is 0 Å². The Kier molecular flexibility index (Phi) is 5.25. The van der Waals surface area contributed by atoms with E-state index < -0.39 is 18.4 Å². The monoisotopic (exact) mass is 268 g/mol. The summed E-state index contributed by atoms with van der Waals surface area (Å²) in [6.07, 6.45) is 1.38. The molecule has 0 aliphatic carbocycles. The van der Waals surface area contributed by atoms with Gasteiger partial charge in [0.1, 0.15) is 6.54 Å². The molecule has 1 aromatic rings. The fourth-order valence-corrected chi connectivity index (χ4v) is 1.52. The van der Waals surface area contributed by atoms with E-state index in [9.17, 15) is 14.4 Å². The molecule has 0 saturated heterocycles. The first-order valence-corrected chi connectivity index (χ1v) is 5.62. The zero-order valence-corrected chi connectivity index (χ0v) is 10.8. The van der Waals surface area contributed by atoms with E-state index in [1.807, 2.05) is 0 Å². The molecule has 1 rings (SSSR count). The first-order chi connectivity index (χ1) is 8.95. The van der Waals surface area contributed by atoms with Gasteiger partial charge in [-0.05, 0) is 6.07 Å². The van der Waals surface area contributed by atoms with Gasteiger partial charge in [0, 0.05) is 33.0 Å². The summed E-state index contributed by atoms with van der Waals surface area (Å²) < 4.78 is 6.11. The second-order valence-electron chi connectivity index (χ2n) is 3.98. The normalized spacial score (nSPS) is 10.2. The number of carboxylic acids is 1. The molecule has 0 atom stereocenters. The van der Waals surface area contributed by atoms with Crippen molar-refractivity contribution in [1.29, 1.82) is 0 Å². The van der Waals surface area contributed by atoms with Crippen LogP contribution in [0.4, 0.5) is 0 Å². The van der Waals surface area contributed by atoms with Crippen molar-refractivity contribution in [3.8, 4) is 0 Å². The number of pyridine rings is 1. The minimum atomic E-state index is -1.10. The second kappa shape index (κ2) is 6.69. The van der Waals surface area contributed by atoms with Crippen LogP contribution < -0.4 is 5.56 Å². The lowest BCUT2D eigenvalue weighted by atomic mass is 10.2.